The molecule has 0 spiro atoms. The molecule has 1 fully saturated rings. The average molecular weight is 367 g/mol. The molecule has 0 aliphatic carbocycles. The zero-order chi connectivity index (χ0) is 19.2. The fourth-order valence-corrected chi connectivity index (χ4v) is 3.66. The van der Waals surface area contributed by atoms with E-state index in [-0.39, 0.29) is 11.5 Å². The van der Waals surface area contributed by atoms with Crippen molar-refractivity contribution in [3.63, 3.8) is 0 Å². The third kappa shape index (κ3) is 5.22. The molecule has 1 aromatic carbocycles. The minimum absolute atomic E-state index is 0.0425. The number of nitrogens with one attached hydrogen (secondary N) is 1. The van der Waals surface area contributed by atoms with E-state index in [4.69, 9.17) is 0 Å². The molecule has 144 valence electrons. The van der Waals surface area contributed by atoms with Gasteiger partial charge in [0.2, 0.25) is 5.91 Å². The molecule has 1 atom stereocenters. The number of carbonyl (C=O) groups is 1. The molecule has 2 aromatic rings. The average Bonchev–Trinajstić information content (AvgIpc) is 2.66. The summed E-state index contributed by atoms with van der Waals surface area (Å²) in [6, 6.07) is 13.6. The van der Waals surface area contributed by atoms with Crippen LogP contribution in [0.5, 0.6) is 0 Å². The fourth-order valence-electron chi connectivity index (χ4n) is 3.66. The van der Waals surface area contributed by atoms with E-state index in [9.17, 15) is 9.59 Å². The molecule has 5 heteroatoms. The minimum Gasteiger partial charge on any atom is -0.371 e. The van der Waals surface area contributed by atoms with Gasteiger partial charge in [-0.3, -0.25) is 9.59 Å². The summed E-state index contributed by atoms with van der Waals surface area (Å²) in [5.74, 6) is 0.706. The highest BCUT2D eigenvalue weighted by Crippen LogP contribution is 2.23. The van der Waals surface area contributed by atoms with E-state index in [0.717, 1.165) is 30.3 Å². The van der Waals surface area contributed by atoms with Crippen LogP contribution in [0.15, 0.2) is 47.3 Å². The highest BCUT2D eigenvalue weighted by molar-refractivity contribution is 5.75. The molecule has 3 rings (SSSR count). The Labute approximate surface area is 161 Å². The third-order valence-electron chi connectivity index (χ3n) is 5.28. The van der Waals surface area contributed by atoms with E-state index in [1.165, 1.54) is 24.6 Å². The second kappa shape index (κ2) is 8.89. The first-order valence-electron chi connectivity index (χ1n) is 9.80. The Morgan fingerprint density at radius 2 is 1.96 bits per heavy atom. The predicted octanol–water partition coefficient (Wildman–Crippen LogP) is 3.10. The van der Waals surface area contributed by atoms with Crippen LogP contribution >= 0.6 is 0 Å². The lowest BCUT2D eigenvalue weighted by molar-refractivity contribution is -0.121. The second-order valence-corrected chi connectivity index (χ2v) is 7.54. The SMILES string of the molecule is Cc1cccc(=O)n1CCC(=O)NCc1ccc(N2CCC[C@@H](C)C2)cc1. The molecular weight excluding hydrogens is 338 g/mol. The monoisotopic (exact) mass is 367 g/mol. The van der Waals surface area contributed by atoms with Crippen molar-refractivity contribution in [1.29, 1.82) is 0 Å². The van der Waals surface area contributed by atoms with Crippen molar-refractivity contribution >= 4 is 11.6 Å². The molecule has 1 aliphatic heterocycles. The number of nitrogens with zero attached hydrogens (tertiary/aromatic N) is 2. The lowest BCUT2D eigenvalue weighted by Crippen LogP contribution is -2.34. The van der Waals surface area contributed by atoms with Gasteiger partial charge in [0.25, 0.3) is 5.56 Å². The van der Waals surface area contributed by atoms with Crippen LogP contribution in [0.25, 0.3) is 0 Å². The summed E-state index contributed by atoms with van der Waals surface area (Å²) in [7, 11) is 0. The molecule has 0 radical (unpaired) electrons. The third-order valence-corrected chi connectivity index (χ3v) is 5.28. The summed E-state index contributed by atoms with van der Waals surface area (Å²) >= 11 is 0. The number of aromatic nitrogens is 1. The van der Waals surface area contributed by atoms with Crippen LogP contribution < -0.4 is 15.8 Å². The number of aryl methyl sites for hydroxylation is 1. The first-order valence-corrected chi connectivity index (χ1v) is 9.80. The van der Waals surface area contributed by atoms with Gasteiger partial charge in [-0.25, -0.2) is 0 Å². The maximum Gasteiger partial charge on any atom is 0.250 e. The van der Waals surface area contributed by atoms with Crippen molar-refractivity contribution in [2.45, 2.75) is 46.2 Å². The van der Waals surface area contributed by atoms with Gasteiger partial charge in [-0.2, -0.15) is 0 Å². The van der Waals surface area contributed by atoms with Crippen molar-refractivity contribution in [2.75, 3.05) is 18.0 Å². The van der Waals surface area contributed by atoms with Crippen LogP contribution in [0.4, 0.5) is 5.69 Å². The Morgan fingerprint density at radius 1 is 1.19 bits per heavy atom. The Bertz CT molecular complexity index is 826. The van der Waals surface area contributed by atoms with Crippen molar-refractivity contribution in [1.82, 2.24) is 9.88 Å². The molecule has 2 heterocycles. The first-order chi connectivity index (χ1) is 13.0. The van der Waals surface area contributed by atoms with Gasteiger partial charge in [-0.1, -0.05) is 25.1 Å². The number of piperidine rings is 1. The number of benzene rings is 1. The van der Waals surface area contributed by atoms with Crippen LogP contribution in [0, 0.1) is 12.8 Å². The van der Waals surface area contributed by atoms with E-state index in [1.54, 1.807) is 10.6 Å². The van der Waals surface area contributed by atoms with Crippen molar-refractivity contribution < 1.29 is 4.79 Å². The fraction of sp³-hybridized carbons (Fsp3) is 0.455. The largest absolute Gasteiger partial charge is 0.371 e. The normalized spacial score (nSPS) is 17.0. The van der Waals surface area contributed by atoms with Gasteiger partial charge in [-0.05, 0) is 49.4 Å². The molecule has 5 nitrogen and oxygen atoms in total. The molecule has 27 heavy (non-hydrogen) atoms. The molecule has 0 saturated carbocycles. The van der Waals surface area contributed by atoms with Crippen LogP contribution in [0.3, 0.4) is 0 Å². The number of hydrogen-bond donors (Lipinski definition) is 1. The summed E-state index contributed by atoms with van der Waals surface area (Å²) in [6.45, 7) is 7.35. The molecule has 0 bridgehead atoms. The number of pyridine rings is 1. The maximum atomic E-state index is 12.1. The van der Waals surface area contributed by atoms with Gasteiger partial charge in [0.15, 0.2) is 0 Å². The first kappa shape index (κ1) is 19.2. The van der Waals surface area contributed by atoms with E-state index >= 15 is 0 Å². The molecule has 1 saturated heterocycles. The maximum absolute atomic E-state index is 12.1. The van der Waals surface area contributed by atoms with E-state index in [1.807, 2.05) is 13.0 Å². The Balaban J connectivity index is 1.48. The summed E-state index contributed by atoms with van der Waals surface area (Å²) in [5.41, 5.74) is 3.16. The topological polar surface area (TPSA) is 54.3 Å². The molecular formula is C22H29N3O2. The van der Waals surface area contributed by atoms with E-state index in [0.29, 0.717) is 19.5 Å². The van der Waals surface area contributed by atoms with Crippen LogP contribution in [0.2, 0.25) is 0 Å². The quantitative estimate of drug-likeness (QED) is 0.854. The zero-order valence-corrected chi connectivity index (χ0v) is 16.3. The summed E-state index contributed by atoms with van der Waals surface area (Å²) in [5, 5.41) is 2.95. The van der Waals surface area contributed by atoms with Gasteiger partial charge >= 0.3 is 0 Å². The summed E-state index contributed by atoms with van der Waals surface area (Å²) in [6.07, 6.45) is 2.87. The lowest BCUT2D eigenvalue weighted by Gasteiger charge is -2.32. The Morgan fingerprint density at radius 3 is 2.67 bits per heavy atom. The Hall–Kier alpha value is -2.56. The smallest absolute Gasteiger partial charge is 0.250 e. The number of hydrogen-bond acceptors (Lipinski definition) is 3. The summed E-state index contributed by atoms with van der Waals surface area (Å²) in [4.78, 5) is 26.4. The number of amides is 1. The van der Waals surface area contributed by atoms with Gasteiger partial charge in [-0.15, -0.1) is 0 Å². The minimum atomic E-state index is -0.0644. The second-order valence-electron chi connectivity index (χ2n) is 7.54. The number of anilines is 1. The highest BCUT2D eigenvalue weighted by Gasteiger charge is 2.16. The lowest BCUT2D eigenvalue weighted by atomic mass is 9.99. The van der Waals surface area contributed by atoms with Crippen molar-refractivity contribution in [2.24, 2.45) is 5.92 Å². The van der Waals surface area contributed by atoms with Gasteiger partial charge in [0.1, 0.15) is 0 Å². The zero-order valence-electron chi connectivity index (χ0n) is 16.3. The van der Waals surface area contributed by atoms with Crippen LogP contribution in [0.1, 0.15) is 37.4 Å². The van der Waals surface area contributed by atoms with Crippen LogP contribution in [-0.4, -0.2) is 23.6 Å². The number of carbonyl (C=O) groups excluding carboxylic acids is 1. The molecule has 1 N–H and O–H groups in total. The Kier molecular flexibility index (Phi) is 6.32. The predicted molar refractivity (Wildman–Crippen MR) is 109 cm³/mol. The van der Waals surface area contributed by atoms with Crippen LogP contribution in [-0.2, 0) is 17.9 Å². The van der Waals surface area contributed by atoms with Gasteiger partial charge in [0, 0.05) is 50.0 Å². The van der Waals surface area contributed by atoms with Crippen molar-refractivity contribution in [3.05, 3.63) is 64.1 Å². The standard InChI is InChI=1S/C22H29N3O2/c1-17-5-4-13-24(16-17)20-10-8-19(9-11-20)15-23-21(26)12-14-25-18(2)6-3-7-22(25)27/h3,6-11,17H,4-5,12-16H2,1-2H3,(H,23,26)/t17-/m1/s1. The molecule has 1 aromatic heterocycles. The molecule has 0 unspecified atom stereocenters. The van der Waals surface area contributed by atoms with E-state index in [2.05, 4.69) is 41.4 Å². The van der Waals surface area contributed by atoms with E-state index < -0.39 is 0 Å². The number of rotatable bonds is 6. The van der Waals surface area contributed by atoms with Crippen molar-refractivity contribution in [3.8, 4) is 0 Å². The summed E-state index contributed by atoms with van der Waals surface area (Å²) < 4.78 is 1.63. The van der Waals surface area contributed by atoms with Gasteiger partial charge in [0.05, 0.1) is 0 Å². The highest BCUT2D eigenvalue weighted by atomic mass is 16.1. The van der Waals surface area contributed by atoms with Gasteiger partial charge < -0.3 is 14.8 Å². The molecule has 1 amide bonds. The molecule has 1 aliphatic rings.